The van der Waals surface area contributed by atoms with Crippen LogP contribution in [0.5, 0.6) is 0 Å². The van der Waals surface area contributed by atoms with Gasteiger partial charge in [-0.15, -0.1) is 0 Å². The zero-order valence-corrected chi connectivity index (χ0v) is 20.5. The number of nitrogens with zero attached hydrogens (tertiary/aromatic N) is 2. The number of aromatic amines is 1. The molecule has 1 saturated heterocycles. The van der Waals surface area contributed by atoms with Gasteiger partial charge in [0.2, 0.25) is 0 Å². The molecule has 1 aliphatic rings. The molecule has 2 amide bonds. The molecule has 5 N–H and O–H groups in total. The Balaban J connectivity index is 2.09. The molecule has 10 nitrogen and oxygen atoms in total. The normalized spacial score (nSPS) is 22.1. The van der Waals surface area contributed by atoms with Crippen molar-refractivity contribution in [2.75, 3.05) is 19.7 Å². The Bertz CT molecular complexity index is 743. The van der Waals surface area contributed by atoms with Crippen LogP contribution < -0.4 is 5.32 Å². The quantitative estimate of drug-likeness (QED) is 0.226. The molecule has 0 unspecified atom stereocenters. The van der Waals surface area contributed by atoms with E-state index in [-0.39, 0.29) is 17.9 Å². The molecule has 0 aromatic carbocycles. The smallest absolute Gasteiger partial charge is 0.274 e. The van der Waals surface area contributed by atoms with Crippen LogP contribution in [0, 0.1) is 0 Å². The second-order valence-electron chi connectivity index (χ2n) is 8.94. The van der Waals surface area contributed by atoms with E-state index >= 15 is 0 Å². The fourth-order valence-electron chi connectivity index (χ4n) is 4.15. The highest BCUT2D eigenvalue weighted by molar-refractivity contribution is 6.04. The van der Waals surface area contributed by atoms with Crippen LogP contribution in [0.3, 0.4) is 0 Å². The molecule has 2 rings (SSSR count). The number of hydrogen-bond acceptors (Lipinski definition) is 7. The van der Waals surface area contributed by atoms with Gasteiger partial charge in [0.05, 0.1) is 12.9 Å². The first-order valence-corrected chi connectivity index (χ1v) is 12.7. The van der Waals surface area contributed by atoms with Crippen LogP contribution in [0.4, 0.5) is 0 Å². The lowest BCUT2D eigenvalue weighted by Crippen LogP contribution is -2.48. The van der Waals surface area contributed by atoms with E-state index in [1.165, 1.54) is 17.6 Å². The highest BCUT2D eigenvalue weighted by atomic mass is 16.6. The number of H-pyrrole nitrogens is 1. The van der Waals surface area contributed by atoms with Crippen molar-refractivity contribution < 1.29 is 29.6 Å². The van der Waals surface area contributed by atoms with E-state index in [1.54, 1.807) is 0 Å². The first-order valence-electron chi connectivity index (χ1n) is 12.7. The van der Waals surface area contributed by atoms with Crippen molar-refractivity contribution in [3.63, 3.8) is 0 Å². The number of nitrogens with one attached hydrogen (secondary N) is 2. The van der Waals surface area contributed by atoms with Crippen molar-refractivity contribution in [1.29, 1.82) is 0 Å². The third-order valence-electron chi connectivity index (χ3n) is 6.22. The number of rotatable bonds is 16. The van der Waals surface area contributed by atoms with Crippen LogP contribution in [0.25, 0.3) is 0 Å². The highest BCUT2D eigenvalue weighted by Gasteiger charge is 2.47. The van der Waals surface area contributed by atoms with Crippen molar-refractivity contribution in [3.05, 3.63) is 17.7 Å². The maximum absolute atomic E-state index is 13.5. The van der Waals surface area contributed by atoms with Gasteiger partial charge in [0, 0.05) is 13.1 Å². The average Bonchev–Trinajstić information content (AvgIpc) is 3.43. The van der Waals surface area contributed by atoms with Gasteiger partial charge < -0.3 is 35.3 Å². The van der Waals surface area contributed by atoms with Crippen LogP contribution in [0.2, 0.25) is 0 Å². The average molecular weight is 483 g/mol. The molecular weight excluding hydrogens is 440 g/mol. The van der Waals surface area contributed by atoms with Crippen molar-refractivity contribution in [2.24, 2.45) is 0 Å². The molecule has 1 aromatic rings. The SMILES string of the molecule is CCCCCCCNC(=O)c1nc[nH]c1C(=O)N(CCCCCCC)[C@@H]1O[C@H](CO)[C@@H](O)[C@H]1O. The first kappa shape index (κ1) is 28.2. The molecule has 0 bridgehead atoms. The van der Waals surface area contributed by atoms with Gasteiger partial charge in [-0.05, 0) is 12.8 Å². The zero-order chi connectivity index (χ0) is 24.9. The fourth-order valence-corrected chi connectivity index (χ4v) is 4.15. The third-order valence-corrected chi connectivity index (χ3v) is 6.22. The summed E-state index contributed by atoms with van der Waals surface area (Å²) in [6, 6.07) is 0. The van der Waals surface area contributed by atoms with Crippen molar-refractivity contribution in [3.8, 4) is 0 Å². The number of carbonyl (C=O) groups excluding carboxylic acids is 2. The van der Waals surface area contributed by atoms with E-state index in [0.717, 1.165) is 51.4 Å². The molecule has 1 fully saturated rings. The van der Waals surface area contributed by atoms with Gasteiger partial charge >= 0.3 is 0 Å². The Morgan fingerprint density at radius 1 is 1.03 bits per heavy atom. The molecule has 10 heteroatoms. The summed E-state index contributed by atoms with van der Waals surface area (Å²) in [5, 5.41) is 33.0. The molecule has 34 heavy (non-hydrogen) atoms. The van der Waals surface area contributed by atoms with Crippen LogP contribution in [0.1, 0.15) is 99.0 Å². The lowest BCUT2D eigenvalue weighted by atomic mass is 10.1. The molecule has 194 valence electrons. The van der Waals surface area contributed by atoms with Crippen molar-refractivity contribution >= 4 is 11.8 Å². The van der Waals surface area contributed by atoms with E-state index in [2.05, 4.69) is 29.1 Å². The number of imidazole rings is 1. The Morgan fingerprint density at radius 2 is 1.68 bits per heavy atom. The number of amides is 2. The van der Waals surface area contributed by atoms with Gasteiger partial charge in [0.25, 0.3) is 11.8 Å². The fraction of sp³-hybridized carbons (Fsp3) is 0.792. The number of ether oxygens (including phenoxy) is 1. The van der Waals surface area contributed by atoms with Crippen LogP contribution >= 0.6 is 0 Å². The molecule has 1 aliphatic heterocycles. The lowest BCUT2D eigenvalue weighted by molar-refractivity contribution is -0.0837. The molecule has 0 radical (unpaired) electrons. The maximum Gasteiger partial charge on any atom is 0.274 e. The molecule has 2 heterocycles. The van der Waals surface area contributed by atoms with Crippen molar-refractivity contribution in [1.82, 2.24) is 20.2 Å². The Hall–Kier alpha value is -2.01. The molecule has 0 spiro atoms. The number of aliphatic hydroxyl groups excluding tert-OH is 3. The Kier molecular flexibility index (Phi) is 12.5. The van der Waals surface area contributed by atoms with E-state index in [4.69, 9.17) is 4.74 Å². The van der Waals surface area contributed by atoms with Gasteiger partial charge in [-0.3, -0.25) is 9.59 Å². The predicted octanol–water partition coefficient (Wildman–Crippen LogP) is 1.96. The summed E-state index contributed by atoms with van der Waals surface area (Å²) in [4.78, 5) is 34.3. The Labute approximate surface area is 202 Å². The minimum absolute atomic E-state index is 0.00906. The summed E-state index contributed by atoms with van der Waals surface area (Å²) in [6.45, 7) is 4.55. The van der Waals surface area contributed by atoms with E-state index < -0.39 is 43.0 Å². The molecule has 1 aromatic heterocycles. The van der Waals surface area contributed by atoms with Gasteiger partial charge in [-0.1, -0.05) is 65.2 Å². The van der Waals surface area contributed by atoms with Gasteiger partial charge in [-0.2, -0.15) is 0 Å². The summed E-state index contributed by atoms with van der Waals surface area (Å²) >= 11 is 0. The second kappa shape index (κ2) is 15.1. The molecular formula is C24H42N4O6. The van der Waals surface area contributed by atoms with Crippen LogP contribution in [-0.4, -0.2) is 86.2 Å². The maximum atomic E-state index is 13.5. The van der Waals surface area contributed by atoms with Gasteiger partial charge in [0.15, 0.2) is 11.9 Å². The molecule has 0 saturated carbocycles. The lowest BCUT2D eigenvalue weighted by Gasteiger charge is -2.30. The number of aromatic nitrogens is 2. The van der Waals surface area contributed by atoms with Crippen LogP contribution in [0.15, 0.2) is 6.33 Å². The Morgan fingerprint density at radius 3 is 2.29 bits per heavy atom. The third kappa shape index (κ3) is 7.76. The molecule has 0 aliphatic carbocycles. The topological polar surface area (TPSA) is 148 Å². The van der Waals surface area contributed by atoms with E-state index in [1.807, 2.05) is 0 Å². The summed E-state index contributed by atoms with van der Waals surface area (Å²) in [6.07, 6.45) is 6.54. The van der Waals surface area contributed by atoms with Crippen LogP contribution in [-0.2, 0) is 4.74 Å². The minimum Gasteiger partial charge on any atom is -0.394 e. The predicted molar refractivity (Wildman–Crippen MR) is 127 cm³/mol. The van der Waals surface area contributed by atoms with Gasteiger partial charge in [0.1, 0.15) is 24.0 Å². The van der Waals surface area contributed by atoms with Gasteiger partial charge in [-0.25, -0.2) is 4.98 Å². The summed E-state index contributed by atoms with van der Waals surface area (Å²) in [5.41, 5.74) is -0.00364. The number of carbonyl (C=O) groups is 2. The largest absolute Gasteiger partial charge is 0.394 e. The number of aliphatic hydroxyl groups is 3. The van der Waals surface area contributed by atoms with Crippen molar-refractivity contribution in [2.45, 2.75) is 103 Å². The summed E-state index contributed by atoms with van der Waals surface area (Å²) in [5.74, 6) is -0.986. The summed E-state index contributed by atoms with van der Waals surface area (Å²) < 4.78 is 5.63. The van der Waals surface area contributed by atoms with E-state index in [9.17, 15) is 24.9 Å². The first-order chi connectivity index (χ1) is 16.5. The molecule has 4 atom stereocenters. The number of unbranched alkanes of at least 4 members (excludes halogenated alkanes) is 8. The zero-order valence-electron chi connectivity index (χ0n) is 20.5. The number of hydrogen-bond donors (Lipinski definition) is 5. The van der Waals surface area contributed by atoms with E-state index in [0.29, 0.717) is 13.0 Å². The monoisotopic (exact) mass is 482 g/mol. The minimum atomic E-state index is -1.37. The second-order valence-corrected chi connectivity index (χ2v) is 8.94. The summed E-state index contributed by atoms with van der Waals surface area (Å²) in [7, 11) is 0. The highest BCUT2D eigenvalue weighted by Crippen LogP contribution is 2.26. The standard InChI is InChI=1S/C24H42N4O6/c1-3-5-7-9-11-13-25-22(32)18-19(27-16-26-18)23(33)28(14-12-10-8-6-4-2)24-21(31)20(30)17(15-29)34-24/h16-17,20-21,24,29-31H,3-15H2,1-2H3,(H,25,32)(H,26,27)/t17-,20-,21-,24-/m1/s1.